The Hall–Kier alpha value is 8.83. The van der Waals surface area contributed by atoms with Gasteiger partial charge in [0.15, 0.2) is 0 Å². The van der Waals surface area contributed by atoms with Gasteiger partial charge >= 0.3 is 32.7 Å². The van der Waals surface area contributed by atoms with E-state index in [0.717, 1.165) is 0 Å². The van der Waals surface area contributed by atoms with Crippen LogP contribution in [0.4, 0.5) is 0 Å². The second-order valence-electron chi connectivity index (χ2n) is 0. The monoisotopic (exact) mass is 999 g/mol. The maximum atomic E-state index is 0. The fourth-order valence-electron chi connectivity index (χ4n) is 0. The first-order valence-corrected chi connectivity index (χ1v) is 0. The zero-order valence-corrected chi connectivity index (χ0v) is 44.3. The van der Waals surface area contributed by atoms with Gasteiger partial charge in [-0.2, -0.15) is 0 Å². The van der Waals surface area contributed by atoms with Crippen molar-refractivity contribution in [3.05, 3.63) is 126 Å². The second kappa shape index (κ2) is 511. The van der Waals surface area contributed by atoms with Crippen molar-refractivity contribution in [2.75, 3.05) is 0 Å². The van der Waals surface area contributed by atoms with Crippen LogP contribution in [0, 0.1) is 126 Å². The van der Waals surface area contributed by atoms with Crippen molar-refractivity contribution >= 4 is 0 Å². The van der Waals surface area contributed by atoms with Crippen LogP contribution in [0.25, 0.3) is 0 Å². The van der Waals surface area contributed by atoms with Crippen molar-refractivity contribution in [2.45, 2.75) is 14.9 Å². The first-order chi connectivity index (χ1) is 0. The molecule has 0 spiro atoms. The molecule has 0 saturated carbocycles. The van der Waals surface area contributed by atoms with Crippen molar-refractivity contribution in [1.82, 2.24) is 0 Å². The van der Waals surface area contributed by atoms with Crippen LogP contribution < -0.4 is 0 Å². The molecular weight excluding hydrogens is 939 g/mol. The Balaban J connectivity index is 0. The molecule has 0 N–H and O–H groups in total. The molecule has 173 valence electrons. The summed E-state index contributed by atoms with van der Waals surface area (Å²) in [5, 5.41) is 0. The van der Waals surface area contributed by atoms with Crippen LogP contribution in [0.3, 0.4) is 0 Å². The molecule has 0 atom stereocenters. The molecule has 0 fully saturated rings. The van der Waals surface area contributed by atoms with Crippen LogP contribution in [0.2, 0.25) is 0 Å². The van der Waals surface area contributed by atoms with Crippen LogP contribution in [0.1, 0.15) is 14.9 Å². The fraction of sp³-hybridized carbons (Fsp3) is 0.105. The van der Waals surface area contributed by atoms with Crippen LogP contribution in [-0.2, 0) is 262 Å². The topological polar surface area (TPSA) is 0 Å². The number of hydrogen-bond donors (Lipinski definition) is 0. The summed E-state index contributed by atoms with van der Waals surface area (Å²) in [6.45, 7) is 0. The Morgan fingerprint density at radius 3 is 0.148 bits per heavy atom. The maximum absolute atomic E-state index is 0. The summed E-state index contributed by atoms with van der Waals surface area (Å²) < 4.78 is 0. The standard InChI is InChI=1S/2CH4.17CH3.8Y/h2*1H4;17*1H3;;;;;;;;/q;;17*-1;;;;;;;;+3. The Kier molecular flexibility index (Phi) is 10600. The summed E-state index contributed by atoms with van der Waals surface area (Å²) in [6, 6.07) is 0. The van der Waals surface area contributed by atoms with Gasteiger partial charge in [0.2, 0.25) is 0 Å². The second-order valence-corrected chi connectivity index (χ2v) is 0. The summed E-state index contributed by atoms with van der Waals surface area (Å²) in [7, 11) is 0. The van der Waals surface area contributed by atoms with Gasteiger partial charge in [0.25, 0.3) is 0 Å². The van der Waals surface area contributed by atoms with E-state index in [1.165, 1.54) is 0 Å². The van der Waals surface area contributed by atoms with E-state index in [0.29, 0.717) is 0 Å². The SMILES string of the molecule is C.C.[CH3-].[CH3-].[CH3-].[CH3-].[CH3-].[CH3-].[CH3-].[CH3-].[CH3-].[CH3-].[CH3-].[CH3-].[CH3-].[CH3-].[CH3-].[CH3-].[CH3-].[Y+3].[Y].[Y].[Y].[Y].[Y].[Y].[Y]. The van der Waals surface area contributed by atoms with Crippen molar-refractivity contribution in [3.63, 3.8) is 0 Å². The number of hydrogen-bond acceptors (Lipinski definition) is 0. The molecular formula is C19H59Y8-14. The summed E-state index contributed by atoms with van der Waals surface area (Å²) in [4.78, 5) is 0. The average Bonchev–Trinajstić information content (AvgIpc) is 0. The Morgan fingerprint density at radius 2 is 0.148 bits per heavy atom. The van der Waals surface area contributed by atoms with Gasteiger partial charge in [-0.25, -0.2) is 0 Å². The van der Waals surface area contributed by atoms with Gasteiger partial charge in [-0.15, -0.1) is 0 Å². The van der Waals surface area contributed by atoms with E-state index in [1.54, 1.807) is 0 Å². The third kappa shape index (κ3) is 481. The normalized spacial score (nSPS) is 0. The van der Waals surface area contributed by atoms with Gasteiger partial charge in [0, 0.05) is 229 Å². The van der Waals surface area contributed by atoms with Gasteiger partial charge in [-0.1, -0.05) is 14.9 Å². The van der Waals surface area contributed by atoms with E-state index in [2.05, 4.69) is 0 Å². The minimum atomic E-state index is 0. The predicted molar refractivity (Wildman–Crippen MR) is 123 cm³/mol. The molecule has 0 aromatic carbocycles. The zero-order chi connectivity index (χ0) is 0. The third-order valence-corrected chi connectivity index (χ3v) is 0. The Morgan fingerprint density at radius 1 is 0.148 bits per heavy atom. The van der Waals surface area contributed by atoms with Gasteiger partial charge in [0.05, 0.1) is 0 Å². The van der Waals surface area contributed by atoms with Crippen molar-refractivity contribution in [3.8, 4) is 0 Å². The van der Waals surface area contributed by atoms with Crippen LogP contribution in [-0.4, -0.2) is 0 Å². The van der Waals surface area contributed by atoms with Crippen molar-refractivity contribution < 1.29 is 262 Å². The van der Waals surface area contributed by atoms with Crippen LogP contribution in [0.5, 0.6) is 0 Å². The minimum Gasteiger partial charge on any atom is -0.358 e. The predicted octanol–water partition coefficient (Wildman–Crippen LogP) is 8.91. The van der Waals surface area contributed by atoms with Crippen molar-refractivity contribution in [1.29, 1.82) is 0 Å². The Labute approximate surface area is 392 Å². The molecule has 0 bridgehead atoms. The zero-order valence-electron chi connectivity index (χ0n) is 21.6. The first-order valence-electron chi connectivity index (χ1n) is 0. The molecule has 0 unspecified atom stereocenters. The maximum Gasteiger partial charge on any atom is 3.00 e. The molecule has 27 heavy (non-hydrogen) atoms. The molecule has 0 amide bonds. The van der Waals surface area contributed by atoms with Gasteiger partial charge in [-0.05, 0) is 0 Å². The molecule has 0 aliphatic heterocycles. The molecule has 0 heterocycles. The molecule has 7 radical (unpaired) electrons. The molecule has 0 saturated heterocycles. The summed E-state index contributed by atoms with van der Waals surface area (Å²) in [5.41, 5.74) is 0. The fourth-order valence-corrected chi connectivity index (χ4v) is 0. The van der Waals surface area contributed by atoms with E-state index in [9.17, 15) is 0 Å². The van der Waals surface area contributed by atoms with Gasteiger partial charge < -0.3 is 126 Å². The molecule has 0 aliphatic rings. The largest absolute Gasteiger partial charge is 3.00 e. The van der Waals surface area contributed by atoms with E-state index < -0.39 is 0 Å². The molecule has 0 aromatic rings. The van der Waals surface area contributed by atoms with E-state index >= 15 is 0 Å². The first kappa shape index (κ1) is 557. The van der Waals surface area contributed by atoms with Crippen LogP contribution >= 0.6 is 0 Å². The molecule has 0 aliphatic carbocycles. The summed E-state index contributed by atoms with van der Waals surface area (Å²) in [5.74, 6) is 0. The van der Waals surface area contributed by atoms with Gasteiger partial charge in [-0.3, -0.25) is 0 Å². The third-order valence-electron chi connectivity index (χ3n) is 0. The van der Waals surface area contributed by atoms with Gasteiger partial charge in [0.1, 0.15) is 0 Å². The quantitative estimate of drug-likeness (QED) is 0.213. The molecule has 0 aromatic heterocycles. The summed E-state index contributed by atoms with van der Waals surface area (Å²) in [6.07, 6.45) is 0. The van der Waals surface area contributed by atoms with E-state index in [4.69, 9.17) is 0 Å². The number of rotatable bonds is 0. The van der Waals surface area contributed by atoms with E-state index in [1.807, 2.05) is 0 Å². The Bertz CT molecular complexity index is 23.7. The average molecular weight is 999 g/mol. The minimum absolute atomic E-state index is 0. The molecule has 0 rings (SSSR count). The molecule has 0 nitrogen and oxygen atoms in total. The van der Waals surface area contributed by atoms with Crippen LogP contribution in [0.15, 0.2) is 0 Å². The van der Waals surface area contributed by atoms with Crippen molar-refractivity contribution in [2.24, 2.45) is 0 Å². The smallest absolute Gasteiger partial charge is 0.358 e. The summed E-state index contributed by atoms with van der Waals surface area (Å²) >= 11 is 0. The molecule has 8 heteroatoms. The van der Waals surface area contributed by atoms with E-state index in [-0.39, 0.29) is 403 Å².